The van der Waals surface area contributed by atoms with Crippen molar-refractivity contribution in [1.29, 1.82) is 0 Å². The molecule has 0 fully saturated rings. The van der Waals surface area contributed by atoms with Crippen molar-refractivity contribution in [1.82, 2.24) is 9.97 Å². The lowest BCUT2D eigenvalue weighted by molar-refractivity contribution is 0.103. The Labute approximate surface area is 177 Å². The zero-order valence-corrected chi connectivity index (χ0v) is 17.7. The van der Waals surface area contributed by atoms with Crippen LogP contribution in [0.15, 0.2) is 73.1 Å². The molecule has 0 spiro atoms. The average Bonchev–Trinajstić information content (AvgIpc) is 2.77. The van der Waals surface area contributed by atoms with Gasteiger partial charge in [-0.3, -0.25) is 14.8 Å². The molecule has 148 valence electrons. The lowest BCUT2D eigenvalue weighted by Crippen LogP contribution is -2.08. The lowest BCUT2D eigenvalue weighted by Gasteiger charge is -2.15. The van der Waals surface area contributed by atoms with Crippen LogP contribution in [0.1, 0.15) is 38.2 Å². The Morgan fingerprint density at radius 3 is 1.47 bits per heavy atom. The summed E-state index contributed by atoms with van der Waals surface area (Å²) in [7, 11) is 0. The third-order valence-electron chi connectivity index (χ3n) is 5.82. The smallest absolute Gasteiger partial charge is 0.197 e. The first kappa shape index (κ1) is 19.7. The van der Waals surface area contributed by atoms with Gasteiger partial charge in [0.2, 0.25) is 0 Å². The second-order valence-corrected chi connectivity index (χ2v) is 7.62. The van der Waals surface area contributed by atoms with E-state index >= 15 is 0 Å². The summed E-state index contributed by atoms with van der Waals surface area (Å²) in [5.74, 6) is -0.0667. The Hall–Kier alpha value is -3.59. The number of hydrogen-bond donors (Lipinski definition) is 0. The van der Waals surface area contributed by atoms with Crippen molar-refractivity contribution in [2.45, 2.75) is 27.7 Å². The Balaban J connectivity index is 1.89. The molecule has 30 heavy (non-hydrogen) atoms. The monoisotopic (exact) mass is 392 g/mol. The van der Waals surface area contributed by atoms with E-state index < -0.39 is 0 Å². The summed E-state index contributed by atoms with van der Waals surface area (Å²) in [6.45, 7) is 8.28. The number of aromatic nitrogens is 2. The van der Waals surface area contributed by atoms with Crippen LogP contribution in [0.5, 0.6) is 0 Å². The quantitative estimate of drug-likeness (QED) is 0.384. The van der Waals surface area contributed by atoms with E-state index in [9.17, 15) is 4.79 Å². The van der Waals surface area contributed by atoms with Crippen molar-refractivity contribution < 1.29 is 4.79 Å². The largest absolute Gasteiger partial charge is 0.288 e. The molecule has 2 aromatic carbocycles. The molecule has 3 nitrogen and oxygen atoms in total. The van der Waals surface area contributed by atoms with Crippen LogP contribution in [0.4, 0.5) is 0 Å². The highest BCUT2D eigenvalue weighted by molar-refractivity contribution is 6.15. The summed E-state index contributed by atoms with van der Waals surface area (Å²) in [4.78, 5) is 22.9. The van der Waals surface area contributed by atoms with Crippen LogP contribution < -0.4 is 0 Å². The molecule has 0 aliphatic heterocycles. The van der Waals surface area contributed by atoms with Gasteiger partial charge in [-0.05, 0) is 74.2 Å². The van der Waals surface area contributed by atoms with Gasteiger partial charge in [0.15, 0.2) is 5.78 Å². The first-order chi connectivity index (χ1) is 14.5. The summed E-state index contributed by atoms with van der Waals surface area (Å²) in [5, 5.41) is 0. The molecule has 0 bridgehead atoms. The van der Waals surface area contributed by atoms with Crippen LogP contribution in [0.3, 0.4) is 0 Å². The molecule has 2 heterocycles. The topological polar surface area (TPSA) is 42.9 Å². The molecule has 0 radical (unpaired) electrons. The minimum Gasteiger partial charge on any atom is -0.288 e. The van der Waals surface area contributed by atoms with Crippen LogP contribution in [-0.2, 0) is 0 Å². The number of rotatable bonds is 4. The first-order valence-corrected chi connectivity index (χ1v) is 10.1. The van der Waals surface area contributed by atoms with Gasteiger partial charge < -0.3 is 0 Å². The van der Waals surface area contributed by atoms with Gasteiger partial charge in [0, 0.05) is 34.6 Å². The fourth-order valence-electron chi connectivity index (χ4n) is 3.77. The van der Waals surface area contributed by atoms with Gasteiger partial charge in [0.05, 0.1) is 11.4 Å². The standard InChI is InChI=1S/C27H24N2O/c1-17-9-5-11-21(19(17)3)25-23(13-7-15-28-25)27(30)24-14-8-16-29-26(24)22-12-6-10-18(2)20(22)4/h5-16H,1-4H3. The van der Waals surface area contributed by atoms with Crippen molar-refractivity contribution in [3.05, 3.63) is 106 Å². The van der Waals surface area contributed by atoms with Gasteiger partial charge >= 0.3 is 0 Å². The van der Waals surface area contributed by atoms with Gasteiger partial charge in [-0.15, -0.1) is 0 Å². The van der Waals surface area contributed by atoms with Crippen LogP contribution >= 0.6 is 0 Å². The number of carbonyl (C=O) groups is 1. The second kappa shape index (κ2) is 8.03. The highest BCUT2D eigenvalue weighted by Crippen LogP contribution is 2.31. The average molecular weight is 393 g/mol. The maximum atomic E-state index is 13.7. The molecule has 0 aliphatic rings. The van der Waals surface area contributed by atoms with Crippen LogP contribution in [0.2, 0.25) is 0 Å². The Bertz CT molecular complexity index is 1160. The van der Waals surface area contributed by atoms with Gasteiger partial charge in [0.1, 0.15) is 0 Å². The van der Waals surface area contributed by atoms with E-state index in [2.05, 4.69) is 49.8 Å². The molecule has 0 amide bonds. The van der Waals surface area contributed by atoms with E-state index in [1.807, 2.05) is 48.5 Å². The molecular formula is C27H24N2O. The third kappa shape index (κ3) is 3.43. The van der Waals surface area contributed by atoms with Crippen molar-refractivity contribution in [3.63, 3.8) is 0 Å². The van der Waals surface area contributed by atoms with E-state index in [1.165, 1.54) is 11.1 Å². The molecule has 0 saturated heterocycles. The minimum absolute atomic E-state index is 0.0667. The Morgan fingerprint density at radius 1 is 0.600 bits per heavy atom. The molecule has 0 atom stereocenters. The Kier molecular flexibility index (Phi) is 5.28. The van der Waals surface area contributed by atoms with E-state index in [1.54, 1.807) is 12.4 Å². The maximum absolute atomic E-state index is 13.7. The highest BCUT2D eigenvalue weighted by atomic mass is 16.1. The molecular weight excluding hydrogens is 368 g/mol. The zero-order valence-electron chi connectivity index (χ0n) is 17.7. The second-order valence-electron chi connectivity index (χ2n) is 7.62. The van der Waals surface area contributed by atoms with Crippen LogP contribution in [0, 0.1) is 27.7 Å². The molecule has 0 aliphatic carbocycles. The Morgan fingerprint density at radius 2 is 1.03 bits per heavy atom. The van der Waals surface area contributed by atoms with Crippen molar-refractivity contribution >= 4 is 5.78 Å². The molecule has 3 heteroatoms. The lowest BCUT2D eigenvalue weighted by atomic mass is 9.91. The molecule has 0 unspecified atom stereocenters. The number of carbonyl (C=O) groups excluding carboxylic acids is 1. The molecule has 0 N–H and O–H groups in total. The SMILES string of the molecule is Cc1cccc(-c2ncccc2C(=O)c2cccnc2-c2cccc(C)c2C)c1C. The predicted molar refractivity (Wildman–Crippen MR) is 122 cm³/mol. The van der Waals surface area contributed by atoms with Gasteiger partial charge in [-0.1, -0.05) is 36.4 Å². The third-order valence-corrected chi connectivity index (χ3v) is 5.82. The van der Waals surface area contributed by atoms with Crippen molar-refractivity contribution in [2.24, 2.45) is 0 Å². The minimum atomic E-state index is -0.0667. The summed E-state index contributed by atoms with van der Waals surface area (Å²) in [5.41, 5.74) is 9.17. The van der Waals surface area contributed by atoms with Crippen molar-refractivity contribution in [3.8, 4) is 22.5 Å². The molecule has 4 rings (SSSR count). The van der Waals surface area contributed by atoms with E-state index in [0.717, 1.165) is 22.3 Å². The fraction of sp³-hybridized carbons (Fsp3) is 0.148. The van der Waals surface area contributed by atoms with Gasteiger partial charge in [-0.25, -0.2) is 0 Å². The summed E-state index contributed by atoms with van der Waals surface area (Å²) in [6, 6.07) is 19.5. The number of benzene rings is 2. The summed E-state index contributed by atoms with van der Waals surface area (Å²) in [6.07, 6.45) is 3.48. The number of aryl methyl sites for hydroxylation is 2. The molecule has 2 aromatic heterocycles. The maximum Gasteiger partial charge on any atom is 0.197 e. The number of pyridine rings is 2. The van der Waals surface area contributed by atoms with E-state index in [4.69, 9.17) is 0 Å². The normalized spacial score (nSPS) is 10.8. The summed E-state index contributed by atoms with van der Waals surface area (Å²) >= 11 is 0. The van der Waals surface area contributed by atoms with Crippen LogP contribution in [0.25, 0.3) is 22.5 Å². The number of nitrogens with zero attached hydrogens (tertiary/aromatic N) is 2. The number of ketones is 1. The molecule has 0 saturated carbocycles. The highest BCUT2D eigenvalue weighted by Gasteiger charge is 2.21. The fourth-order valence-corrected chi connectivity index (χ4v) is 3.77. The zero-order chi connectivity index (χ0) is 21.3. The number of hydrogen-bond acceptors (Lipinski definition) is 3. The van der Waals surface area contributed by atoms with E-state index in [0.29, 0.717) is 22.5 Å². The van der Waals surface area contributed by atoms with Crippen molar-refractivity contribution in [2.75, 3.05) is 0 Å². The summed E-state index contributed by atoms with van der Waals surface area (Å²) < 4.78 is 0. The first-order valence-electron chi connectivity index (χ1n) is 10.1. The predicted octanol–water partition coefficient (Wildman–Crippen LogP) is 6.28. The van der Waals surface area contributed by atoms with Gasteiger partial charge in [0.25, 0.3) is 0 Å². The van der Waals surface area contributed by atoms with Gasteiger partial charge in [-0.2, -0.15) is 0 Å². The van der Waals surface area contributed by atoms with Crippen LogP contribution in [-0.4, -0.2) is 15.8 Å². The molecule has 4 aromatic rings. The van der Waals surface area contributed by atoms with E-state index in [-0.39, 0.29) is 5.78 Å².